The van der Waals surface area contributed by atoms with E-state index < -0.39 is 0 Å². The SMILES string of the molecule is Cn1cc(Cl)c(C(C)(C)C)c1. The zero-order valence-electron chi connectivity index (χ0n) is 7.48. The summed E-state index contributed by atoms with van der Waals surface area (Å²) >= 11 is 6.01. The Bertz CT molecular complexity index is 255. The number of hydrogen-bond donors (Lipinski definition) is 0. The molecule has 0 N–H and O–H groups in total. The fraction of sp³-hybridized carbons (Fsp3) is 0.556. The van der Waals surface area contributed by atoms with Crippen molar-refractivity contribution in [3.05, 3.63) is 23.0 Å². The first-order valence-corrected chi connectivity index (χ1v) is 4.11. The van der Waals surface area contributed by atoms with Crippen LogP contribution in [0.1, 0.15) is 26.3 Å². The van der Waals surface area contributed by atoms with E-state index >= 15 is 0 Å². The molecule has 0 atom stereocenters. The van der Waals surface area contributed by atoms with Gasteiger partial charge in [-0.25, -0.2) is 0 Å². The lowest BCUT2D eigenvalue weighted by Gasteiger charge is -2.16. The highest BCUT2D eigenvalue weighted by Gasteiger charge is 2.18. The predicted molar refractivity (Wildman–Crippen MR) is 49.1 cm³/mol. The van der Waals surface area contributed by atoms with Crippen LogP contribution in [0.4, 0.5) is 0 Å². The first-order chi connectivity index (χ1) is 4.91. The summed E-state index contributed by atoms with van der Waals surface area (Å²) in [4.78, 5) is 0. The third kappa shape index (κ3) is 1.78. The normalized spacial score (nSPS) is 12.1. The summed E-state index contributed by atoms with van der Waals surface area (Å²) in [6, 6.07) is 0. The Morgan fingerprint density at radius 1 is 1.27 bits per heavy atom. The molecule has 0 bridgehead atoms. The van der Waals surface area contributed by atoms with Crippen molar-refractivity contribution < 1.29 is 0 Å². The molecule has 0 unspecified atom stereocenters. The largest absolute Gasteiger partial charge is 0.355 e. The van der Waals surface area contributed by atoms with Crippen molar-refractivity contribution >= 4 is 11.6 Å². The first kappa shape index (κ1) is 8.66. The van der Waals surface area contributed by atoms with Crippen LogP contribution in [-0.4, -0.2) is 4.57 Å². The molecule has 1 rings (SSSR count). The minimum absolute atomic E-state index is 0.151. The van der Waals surface area contributed by atoms with Crippen molar-refractivity contribution in [3.8, 4) is 0 Å². The van der Waals surface area contributed by atoms with Gasteiger partial charge in [0.1, 0.15) is 0 Å². The standard InChI is InChI=1S/C9H14ClN/c1-9(2,3)7-5-11(4)6-8(7)10/h5-6H,1-4H3. The number of hydrogen-bond acceptors (Lipinski definition) is 0. The van der Waals surface area contributed by atoms with E-state index in [1.807, 2.05) is 17.8 Å². The maximum Gasteiger partial charge on any atom is 0.0619 e. The summed E-state index contributed by atoms with van der Waals surface area (Å²) in [5.41, 5.74) is 1.36. The monoisotopic (exact) mass is 171 g/mol. The van der Waals surface area contributed by atoms with Gasteiger partial charge in [0.25, 0.3) is 0 Å². The zero-order chi connectivity index (χ0) is 8.65. The van der Waals surface area contributed by atoms with Gasteiger partial charge in [-0.3, -0.25) is 0 Å². The number of aryl methyl sites for hydroxylation is 1. The number of nitrogens with zero attached hydrogens (tertiary/aromatic N) is 1. The third-order valence-electron chi connectivity index (χ3n) is 1.72. The van der Waals surface area contributed by atoms with Gasteiger partial charge in [0.05, 0.1) is 5.02 Å². The molecular formula is C9H14ClN. The molecule has 2 heteroatoms. The Morgan fingerprint density at radius 2 is 1.82 bits per heavy atom. The van der Waals surface area contributed by atoms with Crippen LogP contribution in [0, 0.1) is 0 Å². The second-order valence-electron chi connectivity index (χ2n) is 3.94. The summed E-state index contributed by atoms with van der Waals surface area (Å²) in [6.45, 7) is 6.48. The lowest BCUT2D eigenvalue weighted by molar-refractivity contribution is 0.589. The molecule has 1 nitrogen and oxygen atoms in total. The topological polar surface area (TPSA) is 4.93 Å². The van der Waals surface area contributed by atoms with Gasteiger partial charge < -0.3 is 4.57 Å². The second kappa shape index (κ2) is 2.56. The molecule has 0 aliphatic heterocycles. The van der Waals surface area contributed by atoms with Crippen LogP contribution < -0.4 is 0 Å². The zero-order valence-corrected chi connectivity index (χ0v) is 8.24. The fourth-order valence-electron chi connectivity index (χ4n) is 1.10. The van der Waals surface area contributed by atoms with Gasteiger partial charge >= 0.3 is 0 Å². The third-order valence-corrected chi connectivity index (χ3v) is 2.02. The maximum atomic E-state index is 6.01. The quantitative estimate of drug-likeness (QED) is 0.566. The molecule has 0 saturated heterocycles. The molecule has 0 saturated carbocycles. The first-order valence-electron chi connectivity index (χ1n) is 3.73. The van der Waals surface area contributed by atoms with E-state index in [0.29, 0.717) is 0 Å². The molecule has 62 valence electrons. The molecule has 11 heavy (non-hydrogen) atoms. The summed E-state index contributed by atoms with van der Waals surface area (Å²) in [5.74, 6) is 0. The summed E-state index contributed by atoms with van der Waals surface area (Å²) < 4.78 is 1.99. The van der Waals surface area contributed by atoms with E-state index in [1.54, 1.807) is 0 Å². The Kier molecular flexibility index (Phi) is 2.02. The minimum atomic E-state index is 0.151. The van der Waals surface area contributed by atoms with Gasteiger partial charge in [0.15, 0.2) is 0 Å². The maximum absolute atomic E-state index is 6.01. The highest BCUT2D eigenvalue weighted by molar-refractivity contribution is 6.31. The molecule has 0 fully saturated rings. The van der Waals surface area contributed by atoms with Crippen LogP contribution in [0.15, 0.2) is 12.4 Å². The average Bonchev–Trinajstić information content (AvgIpc) is 2.08. The molecule has 0 aliphatic carbocycles. The average molecular weight is 172 g/mol. The molecule has 1 aromatic heterocycles. The van der Waals surface area contributed by atoms with Gasteiger partial charge in [-0.15, -0.1) is 0 Å². The number of aromatic nitrogens is 1. The van der Waals surface area contributed by atoms with Gasteiger partial charge in [-0.2, -0.15) is 0 Å². The van der Waals surface area contributed by atoms with Crippen molar-refractivity contribution in [1.82, 2.24) is 4.57 Å². The van der Waals surface area contributed by atoms with E-state index in [9.17, 15) is 0 Å². The van der Waals surface area contributed by atoms with Crippen LogP contribution in [-0.2, 0) is 12.5 Å². The van der Waals surface area contributed by atoms with Crippen molar-refractivity contribution in [2.24, 2.45) is 7.05 Å². The lowest BCUT2D eigenvalue weighted by Crippen LogP contribution is -2.10. The summed E-state index contributed by atoms with van der Waals surface area (Å²) in [6.07, 6.45) is 4.00. The number of halogens is 1. The Labute approximate surface area is 73.0 Å². The van der Waals surface area contributed by atoms with Gasteiger partial charge in [-0.05, 0) is 11.0 Å². The summed E-state index contributed by atoms with van der Waals surface area (Å²) in [5, 5.41) is 0.861. The smallest absolute Gasteiger partial charge is 0.0619 e. The van der Waals surface area contributed by atoms with Gasteiger partial charge in [0.2, 0.25) is 0 Å². The molecule has 0 amide bonds. The van der Waals surface area contributed by atoms with Crippen molar-refractivity contribution in [1.29, 1.82) is 0 Å². The number of rotatable bonds is 0. The van der Waals surface area contributed by atoms with Crippen LogP contribution in [0.5, 0.6) is 0 Å². The van der Waals surface area contributed by atoms with Crippen LogP contribution in [0.2, 0.25) is 5.02 Å². The van der Waals surface area contributed by atoms with E-state index in [-0.39, 0.29) is 5.41 Å². The molecule has 0 radical (unpaired) electrons. The van der Waals surface area contributed by atoms with Crippen LogP contribution in [0.25, 0.3) is 0 Å². The molecular weight excluding hydrogens is 158 g/mol. The van der Waals surface area contributed by atoms with Crippen molar-refractivity contribution in [2.75, 3.05) is 0 Å². The second-order valence-corrected chi connectivity index (χ2v) is 4.34. The Hall–Kier alpha value is -0.430. The van der Waals surface area contributed by atoms with Crippen molar-refractivity contribution in [2.45, 2.75) is 26.2 Å². The van der Waals surface area contributed by atoms with Crippen molar-refractivity contribution in [3.63, 3.8) is 0 Å². The van der Waals surface area contributed by atoms with Crippen LogP contribution in [0.3, 0.4) is 0 Å². The molecule has 0 spiro atoms. The van der Waals surface area contributed by atoms with E-state index in [1.165, 1.54) is 5.56 Å². The molecule has 0 aromatic carbocycles. The van der Waals surface area contributed by atoms with Gasteiger partial charge in [-0.1, -0.05) is 32.4 Å². The highest BCUT2D eigenvalue weighted by atomic mass is 35.5. The lowest BCUT2D eigenvalue weighted by atomic mass is 9.89. The van der Waals surface area contributed by atoms with E-state index in [2.05, 4.69) is 27.0 Å². The van der Waals surface area contributed by atoms with Crippen LogP contribution >= 0.6 is 11.6 Å². The highest BCUT2D eigenvalue weighted by Crippen LogP contribution is 2.29. The summed E-state index contributed by atoms with van der Waals surface area (Å²) in [7, 11) is 1.99. The molecule has 1 aromatic rings. The molecule has 1 heterocycles. The predicted octanol–water partition coefficient (Wildman–Crippen LogP) is 2.98. The minimum Gasteiger partial charge on any atom is -0.355 e. The molecule has 0 aliphatic rings. The van der Waals surface area contributed by atoms with E-state index in [4.69, 9.17) is 11.6 Å². The Morgan fingerprint density at radius 3 is 2.00 bits per heavy atom. The van der Waals surface area contributed by atoms with Gasteiger partial charge in [0, 0.05) is 19.4 Å². The van der Waals surface area contributed by atoms with E-state index in [0.717, 1.165) is 5.02 Å². The fourth-order valence-corrected chi connectivity index (χ4v) is 1.59. The Balaban J connectivity index is 3.13.